The number of hydrogen-bond donors (Lipinski definition) is 1. The first-order chi connectivity index (χ1) is 7.90. The Kier molecular flexibility index (Phi) is 4.79. The lowest BCUT2D eigenvalue weighted by molar-refractivity contribution is 0.548. The summed E-state index contributed by atoms with van der Waals surface area (Å²) in [7, 11) is 0. The van der Waals surface area contributed by atoms with Crippen molar-refractivity contribution < 1.29 is 0 Å². The SMILES string of the molecule is Cc1nc(N(CC(C)C)CC(C)C)ccc1N. The fourth-order valence-corrected chi connectivity index (χ4v) is 1.88. The van der Waals surface area contributed by atoms with Crippen molar-refractivity contribution in [1.82, 2.24) is 4.98 Å². The maximum atomic E-state index is 5.81. The van der Waals surface area contributed by atoms with Crippen LogP contribution in [0.5, 0.6) is 0 Å². The van der Waals surface area contributed by atoms with Gasteiger partial charge in [0.15, 0.2) is 0 Å². The van der Waals surface area contributed by atoms with Gasteiger partial charge in [0, 0.05) is 13.1 Å². The number of nitrogens with two attached hydrogens (primary N) is 1. The molecule has 0 bridgehead atoms. The first-order valence-electron chi connectivity index (χ1n) is 6.38. The smallest absolute Gasteiger partial charge is 0.128 e. The van der Waals surface area contributed by atoms with Crippen LogP contribution in [0.4, 0.5) is 11.5 Å². The van der Waals surface area contributed by atoms with E-state index in [0.717, 1.165) is 30.3 Å². The van der Waals surface area contributed by atoms with E-state index in [0.29, 0.717) is 11.8 Å². The van der Waals surface area contributed by atoms with Gasteiger partial charge in [-0.2, -0.15) is 0 Å². The summed E-state index contributed by atoms with van der Waals surface area (Å²) >= 11 is 0. The Hall–Kier alpha value is -1.25. The molecule has 0 aromatic carbocycles. The first-order valence-corrected chi connectivity index (χ1v) is 6.38. The molecule has 0 saturated heterocycles. The molecular formula is C14H25N3. The summed E-state index contributed by atoms with van der Waals surface area (Å²) in [4.78, 5) is 6.93. The second kappa shape index (κ2) is 5.89. The van der Waals surface area contributed by atoms with Gasteiger partial charge in [-0.1, -0.05) is 27.7 Å². The van der Waals surface area contributed by atoms with Crippen molar-refractivity contribution in [2.45, 2.75) is 34.6 Å². The minimum absolute atomic E-state index is 0.633. The number of rotatable bonds is 5. The predicted octanol–water partition coefficient (Wildman–Crippen LogP) is 3.09. The average Bonchev–Trinajstić information content (AvgIpc) is 2.19. The normalized spacial score (nSPS) is 11.2. The molecule has 17 heavy (non-hydrogen) atoms. The second-order valence-electron chi connectivity index (χ2n) is 5.54. The van der Waals surface area contributed by atoms with Crippen LogP contribution in [0, 0.1) is 18.8 Å². The zero-order chi connectivity index (χ0) is 13.0. The summed E-state index contributed by atoms with van der Waals surface area (Å²) in [5.74, 6) is 2.31. The van der Waals surface area contributed by atoms with E-state index in [4.69, 9.17) is 5.73 Å². The van der Waals surface area contributed by atoms with Crippen molar-refractivity contribution in [3.05, 3.63) is 17.8 Å². The maximum absolute atomic E-state index is 5.81. The summed E-state index contributed by atoms with van der Waals surface area (Å²) in [5.41, 5.74) is 7.49. The fourth-order valence-electron chi connectivity index (χ4n) is 1.88. The lowest BCUT2D eigenvalue weighted by atomic mass is 10.1. The largest absolute Gasteiger partial charge is 0.397 e. The Morgan fingerprint density at radius 2 is 1.65 bits per heavy atom. The highest BCUT2D eigenvalue weighted by molar-refractivity contribution is 5.50. The topological polar surface area (TPSA) is 42.2 Å². The van der Waals surface area contributed by atoms with Crippen LogP contribution in [0.15, 0.2) is 12.1 Å². The quantitative estimate of drug-likeness (QED) is 0.852. The van der Waals surface area contributed by atoms with Crippen LogP contribution in [0.2, 0.25) is 0 Å². The first kappa shape index (κ1) is 13.8. The van der Waals surface area contributed by atoms with Gasteiger partial charge in [-0.15, -0.1) is 0 Å². The molecule has 0 aliphatic rings. The molecule has 0 aliphatic heterocycles. The van der Waals surface area contributed by atoms with Gasteiger partial charge >= 0.3 is 0 Å². The van der Waals surface area contributed by atoms with Crippen LogP contribution in [0.3, 0.4) is 0 Å². The molecule has 1 aromatic rings. The van der Waals surface area contributed by atoms with Crippen molar-refractivity contribution in [3.63, 3.8) is 0 Å². The van der Waals surface area contributed by atoms with Gasteiger partial charge in [0.25, 0.3) is 0 Å². The van der Waals surface area contributed by atoms with Crippen molar-refractivity contribution >= 4 is 11.5 Å². The van der Waals surface area contributed by atoms with E-state index in [-0.39, 0.29) is 0 Å². The third-order valence-corrected chi connectivity index (χ3v) is 2.61. The van der Waals surface area contributed by atoms with Gasteiger partial charge in [0.2, 0.25) is 0 Å². The highest BCUT2D eigenvalue weighted by Crippen LogP contribution is 2.18. The van der Waals surface area contributed by atoms with Crippen molar-refractivity contribution in [2.24, 2.45) is 11.8 Å². The summed E-state index contributed by atoms with van der Waals surface area (Å²) < 4.78 is 0. The number of anilines is 2. The average molecular weight is 235 g/mol. The number of pyridine rings is 1. The van der Waals surface area contributed by atoms with E-state index in [2.05, 4.69) is 37.6 Å². The van der Waals surface area contributed by atoms with E-state index in [1.54, 1.807) is 0 Å². The van der Waals surface area contributed by atoms with Crippen LogP contribution >= 0.6 is 0 Å². The van der Waals surface area contributed by atoms with Crippen molar-refractivity contribution in [3.8, 4) is 0 Å². The molecule has 0 radical (unpaired) electrons. The molecule has 0 atom stereocenters. The predicted molar refractivity (Wildman–Crippen MR) is 75.3 cm³/mol. The lowest BCUT2D eigenvalue weighted by Crippen LogP contribution is -2.32. The zero-order valence-electron chi connectivity index (χ0n) is 11.7. The Morgan fingerprint density at radius 3 is 2.06 bits per heavy atom. The van der Waals surface area contributed by atoms with Crippen molar-refractivity contribution in [2.75, 3.05) is 23.7 Å². The van der Waals surface area contributed by atoms with Gasteiger partial charge < -0.3 is 10.6 Å². The standard InChI is InChI=1S/C14H25N3/c1-10(2)8-17(9-11(3)4)14-7-6-13(15)12(5)16-14/h6-7,10-11H,8-9,15H2,1-5H3. The monoisotopic (exact) mass is 235 g/mol. The summed E-state index contributed by atoms with van der Waals surface area (Å²) in [5, 5.41) is 0. The van der Waals surface area contributed by atoms with Crippen LogP contribution in [0.1, 0.15) is 33.4 Å². The fraction of sp³-hybridized carbons (Fsp3) is 0.643. The van der Waals surface area contributed by atoms with Crippen LogP contribution in [0.25, 0.3) is 0 Å². The van der Waals surface area contributed by atoms with Gasteiger partial charge in [0.05, 0.1) is 11.4 Å². The summed E-state index contributed by atoms with van der Waals surface area (Å²) in [6.07, 6.45) is 0. The van der Waals surface area contributed by atoms with Crippen molar-refractivity contribution in [1.29, 1.82) is 0 Å². The van der Waals surface area contributed by atoms with Gasteiger partial charge in [-0.05, 0) is 30.9 Å². The molecule has 96 valence electrons. The number of nitrogen functional groups attached to an aromatic ring is 1. The Bertz CT molecular complexity index is 348. The van der Waals surface area contributed by atoms with E-state index >= 15 is 0 Å². The number of hydrogen-bond acceptors (Lipinski definition) is 3. The van der Waals surface area contributed by atoms with Gasteiger partial charge in [-0.3, -0.25) is 0 Å². The highest BCUT2D eigenvalue weighted by Gasteiger charge is 2.12. The molecule has 1 aromatic heterocycles. The van der Waals surface area contributed by atoms with Gasteiger partial charge in [0.1, 0.15) is 5.82 Å². The lowest BCUT2D eigenvalue weighted by Gasteiger charge is -2.27. The highest BCUT2D eigenvalue weighted by atomic mass is 15.2. The zero-order valence-corrected chi connectivity index (χ0v) is 11.7. The summed E-state index contributed by atoms with van der Waals surface area (Å²) in [6, 6.07) is 3.97. The molecule has 0 spiro atoms. The minimum atomic E-state index is 0.633. The van der Waals surface area contributed by atoms with Crippen LogP contribution in [-0.2, 0) is 0 Å². The molecule has 0 unspecified atom stereocenters. The molecule has 1 rings (SSSR count). The number of nitrogens with zero attached hydrogens (tertiary/aromatic N) is 2. The number of aromatic nitrogens is 1. The van der Waals surface area contributed by atoms with Crippen LogP contribution in [-0.4, -0.2) is 18.1 Å². The molecule has 3 heteroatoms. The maximum Gasteiger partial charge on any atom is 0.128 e. The number of aryl methyl sites for hydroxylation is 1. The molecule has 0 amide bonds. The van der Waals surface area contributed by atoms with E-state index in [9.17, 15) is 0 Å². The molecule has 0 saturated carbocycles. The van der Waals surface area contributed by atoms with Crippen LogP contribution < -0.4 is 10.6 Å². The van der Waals surface area contributed by atoms with E-state index in [1.807, 2.05) is 19.1 Å². The minimum Gasteiger partial charge on any atom is -0.397 e. The Labute approximate surface area is 105 Å². The van der Waals surface area contributed by atoms with E-state index < -0.39 is 0 Å². The molecule has 1 heterocycles. The van der Waals surface area contributed by atoms with Gasteiger partial charge in [-0.25, -0.2) is 4.98 Å². The second-order valence-corrected chi connectivity index (χ2v) is 5.54. The molecule has 0 aliphatic carbocycles. The Morgan fingerprint density at radius 1 is 1.12 bits per heavy atom. The third-order valence-electron chi connectivity index (χ3n) is 2.61. The van der Waals surface area contributed by atoms with E-state index in [1.165, 1.54) is 0 Å². The third kappa shape index (κ3) is 4.25. The summed E-state index contributed by atoms with van der Waals surface area (Å²) in [6.45, 7) is 13.0. The molecule has 0 fully saturated rings. The molecular weight excluding hydrogens is 210 g/mol. The molecule has 3 nitrogen and oxygen atoms in total. The Balaban J connectivity index is 2.91. The molecule has 2 N–H and O–H groups in total.